The average Bonchev–Trinajstić information content (AvgIpc) is 2.93. The van der Waals surface area contributed by atoms with Gasteiger partial charge in [0.2, 0.25) is 5.91 Å². The third-order valence-corrected chi connectivity index (χ3v) is 4.83. The Morgan fingerprint density at radius 1 is 1.00 bits per heavy atom. The fourth-order valence-electron chi connectivity index (χ4n) is 3.43. The second-order valence-electron chi connectivity index (χ2n) is 6.34. The van der Waals surface area contributed by atoms with Gasteiger partial charge in [-0.05, 0) is 24.3 Å². The summed E-state index contributed by atoms with van der Waals surface area (Å²) < 4.78 is 5.19. The lowest BCUT2D eigenvalue weighted by atomic mass is 10.00. The fraction of sp³-hybridized carbons (Fsp3) is 0.200. The highest BCUT2D eigenvalue weighted by molar-refractivity contribution is 6.23. The number of fused-ring (bicyclic) bond motifs is 2. The summed E-state index contributed by atoms with van der Waals surface area (Å²) in [6.45, 7) is -0.182. The van der Waals surface area contributed by atoms with Crippen LogP contribution in [0.3, 0.4) is 0 Å². The monoisotopic (exact) mass is 364 g/mol. The number of imide groups is 1. The van der Waals surface area contributed by atoms with Crippen molar-refractivity contribution < 1.29 is 23.9 Å². The van der Waals surface area contributed by atoms with Crippen LogP contribution in [0.1, 0.15) is 37.5 Å². The third-order valence-electron chi connectivity index (χ3n) is 4.83. The number of rotatable bonds is 3. The molecule has 7 heteroatoms. The van der Waals surface area contributed by atoms with E-state index >= 15 is 0 Å². The van der Waals surface area contributed by atoms with Crippen LogP contribution < -0.4 is 9.64 Å². The van der Waals surface area contributed by atoms with Crippen molar-refractivity contribution in [1.82, 2.24) is 4.90 Å². The smallest absolute Gasteiger partial charge is 0.262 e. The summed E-state index contributed by atoms with van der Waals surface area (Å²) in [5.74, 6) is -0.934. The highest BCUT2D eigenvalue weighted by Gasteiger charge is 2.38. The lowest BCUT2D eigenvalue weighted by Gasteiger charge is -2.30. The van der Waals surface area contributed by atoms with Gasteiger partial charge in [0, 0.05) is 24.6 Å². The van der Waals surface area contributed by atoms with Crippen LogP contribution in [0.2, 0.25) is 0 Å². The van der Waals surface area contributed by atoms with Gasteiger partial charge < -0.3 is 9.64 Å². The Bertz CT molecular complexity index is 963. The van der Waals surface area contributed by atoms with E-state index in [9.17, 15) is 19.2 Å². The van der Waals surface area contributed by atoms with Crippen molar-refractivity contribution >= 4 is 29.2 Å². The molecule has 0 bridgehead atoms. The lowest BCUT2D eigenvalue weighted by molar-refractivity contribution is -0.119. The Kier molecular flexibility index (Phi) is 3.99. The number of anilines is 1. The molecule has 27 heavy (non-hydrogen) atoms. The molecule has 2 aromatic carbocycles. The van der Waals surface area contributed by atoms with Crippen LogP contribution in [-0.2, 0) is 4.79 Å². The largest absolute Gasteiger partial charge is 0.497 e. The first kappa shape index (κ1) is 17.0. The van der Waals surface area contributed by atoms with E-state index in [0.717, 1.165) is 4.90 Å². The van der Waals surface area contributed by atoms with Crippen molar-refractivity contribution in [2.24, 2.45) is 0 Å². The van der Waals surface area contributed by atoms with Gasteiger partial charge in [0.1, 0.15) is 12.3 Å². The number of carbonyl (C=O) groups is 4. The Balaban J connectivity index is 1.62. The zero-order chi connectivity index (χ0) is 19.1. The van der Waals surface area contributed by atoms with Crippen LogP contribution >= 0.6 is 0 Å². The van der Waals surface area contributed by atoms with Crippen molar-refractivity contribution in [1.29, 1.82) is 0 Å². The summed E-state index contributed by atoms with van der Waals surface area (Å²) in [6.07, 6.45) is 0.188. The first-order chi connectivity index (χ1) is 13.0. The summed E-state index contributed by atoms with van der Waals surface area (Å²) in [5, 5.41) is 0. The van der Waals surface area contributed by atoms with E-state index in [2.05, 4.69) is 0 Å². The van der Waals surface area contributed by atoms with Crippen LogP contribution in [0.15, 0.2) is 42.5 Å². The molecule has 2 aliphatic heterocycles. The topological polar surface area (TPSA) is 84.0 Å². The van der Waals surface area contributed by atoms with Crippen LogP contribution in [0.5, 0.6) is 5.75 Å². The highest BCUT2D eigenvalue weighted by atomic mass is 16.5. The van der Waals surface area contributed by atoms with Crippen molar-refractivity contribution in [3.8, 4) is 5.75 Å². The SMILES string of the molecule is COc1ccc2c(c1)N(C(=O)CN1C(=O)c3ccccc3C1=O)CCC2=O. The van der Waals surface area contributed by atoms with E-state index < -0.39 is 17.7 Å². The maximum Gasteiger partial charge on any atom is 0.262 e. The number of hydrogen-bond donors (Lipinski definition) is 0. The lowest BCUT2D eigenvalue weighted by Crippen LogP contribution is -2.45. The van der Waals surface area contributed by atoms with Gasteiger partial charge >= 0.3 is 0 Å². The van der Waals surface area contributed by atoms with E-state index in [1.54, 1.807) is 42.5 Å². The molecule has 7 nitrogen and oxygen atoms in total. The Morgan fingerprint density at radius 2 is 1.67 bits per heavy atom. The quantitative estimate of drug-likeness (QED) is 0.777. The molecule has 0 N–H and O–H groups in total. The number of nitrogens with zero attached hydrogens (tertiary/aromatic N) is 2. The number of ketones is 1. The molecule has 0 spiro atoms. The molecule has 0 saturated carbocycles. The van der Waals surface area contributed by atoms with Crippen molar-refractivity contribution in [2.45, 2.75) is 6.42 Å². The van der Waals surface area contributed by atoms with E-state index in [-0.39, 0.29) is 25.3 Å². The van der Waals surface area contributed by atoms with Crippen LogP contribution in [0, 0.1) is 0 Å². The molecule has 0 radical (unpaired) electrons. The summed E-state index contributed by atoms with van der Waals surface area (Å²) in [6, 6.07) is 11.4. The van der Waals surface area contributed by atoms with Crippen LogP contribution in [-0.4, -0.2) is 48.6 Å². The molecule has 4 rings (SSSR count). The van der Waals surface area contributed by atoms with Crippen LogP contribution in [0.25, 0.3) is 0 Å². The number of Topliss-reactive ketones (excluding diaryl/α,β-unsaturated/α-hetero) is 1. The van der Waals surface area contributed by atoms with E-state index in [4.69, 9.17) is 4.74 Å². The number of benzene rings is 2. The molecule has 2 heterocycles. The van der Waals surface area contributed by atoms with E-state index in [1.807, 2.05) is 0 Å². The number of ether oxygens (including phenoxy) is 1. The number of methoxy groups -OCH3 is 1. The molecule has 0 atom stereocenters. The standard InChI is InChI=1S/C20H16N2O5/c1-27-12-6-7-15-16(10-12)21(9-8-17(15)23)18(24)11-22-19(25)13-4-2-3-5-14(13)20(22)26/h2-7,10H,8-9,11H2,1H3. The fourth-order valence-corrected chi connectivity index (χ4v) is 3.43. The van der Waals surface area contributed by atoms with Gasteiger partial charge in [-0.3, -0.25) is 24.1 Å². The first-order valence-electron chi connectivity index (χ1n) is 8.48. The normalized spacial score (nSPS) is 15.7. The second-order valence-corrected chi connectivity index (χ2v) is 6.34. The molecule has 2 aliphatic rings. The molecule has 0 aliphatic carbocycles. The molecular formula is C20H16N2O5. The molecule has 0 fully saturated rings. The van der Waals surface area contributed by atoms with Gasteiger partial charge in [0.15, 0.2) is 5.78 Å². The maximum atomic E-state index is 12.9. The highest BCUT2D eigenvalue weighted by Crippen LogP contribution is 2.31. The summed E-state index contributed by atoms with van der Waals surface area (Å²) in [5.41, 5.74) is 1.46. The minimum absolute atomic E-state index is 0.0579. The third kappa shape index (κ3) is 2.68. The molecule has 2 aromatic rings. The molecule has 0 aromatic heterocycles. The van der Waals surface area contributed by atoms with E-state index in [1.165, 1.54) is 12.0 Å². The van der Waals surface area contributed by atoms with E-state index in [0.29, 0.717) is 28.1 Å². The van der Waals surface area contributed by atoms with Gasteiger partial charge in [0.25, 0.3) is 11.8 Å². The van der Waals surface area contributed by atoms with Gasteiger partial charge in [-0.25, -0.2) is 0 Å². The Labute approximate surface area is 155 Å². The summed E-state index contributed by atoms with van der Waals surface area (Å²) >= 11 is 0. The number of amides is 3. The number of carbonyl (C=O) groups excluding carboxylic acids is 4. The van der Waals surface area contributed by atoms with Crippen LogP contribution in [0.4, 0.5) is 5.69 Å². The Hall–Kier alpha value is -3.48. The number of hydrogen-bond acceptors (Lipinski definition) is 5. The van der Waals surface area contributed by atoms with Crippen molar-refractivity contribution in [3.05, 3.63) is 59.2 Å². The molecule has 136 valence electrons. The average molecular weight is 364 g/mol. The second kappa shape index (κ2) is 6.35. The summed E-state index contributed by atoms with van der Waals surface area (Å²) in [7, 11) is 1.50. The summed E-state index contributed by atoms with van der Waals surface area (Å²) in [4.78, 5) is 52.4. The zero-order valence-corrected chi connectivity index (χ0v) is 14.6. The predicted molar refractivity (Wildman–Crippen MR) is 96.1 cm³/mol. The Morgan fingerprint density at radius 3 is 2.30 bits per heavy atom. The molecular weight excluding hydrogens is 348 g/mol. The maximum absolute atomic E-state index is 12.9. The molecule has 3 amide bonds. The van der Waals surface area contributed by atoms with Crippen molar-refractivity contribution in [3.63, 3.8) is 0 Å². The van der Waals surface area contributed by atoms with Crippen molar-refractivity contribution in [2.75, 3.05) is 25.1 Å². The van der Waals surface area contributed by atoms with Gasteiger partial charge in [-0.15, -0.1) is 0 Å². The van der Waals surface area contributed by atoms with Gasteiger partial charge in [-0.1, -0.05) is 12.1 Å². The minimum atomic E-state index is -0.483. The molecule has 0 unspecified atom stereocenters. The zero-order valence-electron chi connectivity index (χ0n) is 14.6. The van der Waals surface area contributed by atoms with Gasteiger partial charge in [0.05, 0.1) is 23.9 Å². The van der Waals surface area contributed by atoms with Gasteiger partial charge in [-0.2, -0.15) is 0 Å². The predicted octanol–water partition coefficient (Wildman–Crippen LogP) is 1.91. The molecule has 0 saturated heterocycles. The minimum Gasteiger partial charge on any atom is -0.497 e. The first-order valence-corrected chi connectivity index (χ1v) is 8.48.